The molecule has 4 rings (SSSR count). The van der Waals surface area contributed by atoms with Crippen LogP contribution in [-0.4, -0.2) is 43.5 Å². The molecule has 4 heterocycles. The van der Waals surface area contributed by atoms with Crippen molar-refractivity contribution >= 4 is 22.9 Å². The van der Waals surface area contributed by atoms with Gasteiger partial charge in [-0.2, -0.15) is 0 Å². The molecule has 3 aromatic heterocycles. The minimum atomic E-state index is -0.187. The van der Waals surface area contributed by atoms with Crippen LogP contribution in [0, 0.1) is 20.8 Å². The third kappa shape index (κ3) is 3.41. The highest BCUT2D eigenvalue weighted by Crippen LogP contribution is 2.31. The molecule has 8 heteroatoms. The maximum absolute atomic E-state index is 12.9. The van der Waals surface area contributed by atoms with Gasteiger partial charge in [-0.3, -0.25) is 14.7 Å². The van der Waals surface area contributed by atoms with Gasteiger partial charge in [0.15, 0.2) is 5.65 Å². The van der Waals surface area contributed by atoms with Gasteiger partial charge in [0.05, 0.1) is 11.4 Å². The second kappa shape index (κ2) is 6.92. The Kier molecular flexibility index (Phi) is 4.59. The SMILES string of the molecule is Cc1cnc(C2CCN(C(=O)Cc3c(C)nc4cc(=O)[nH]n4c3C)CC2)s1. The minimum absolute atomic E-state index is 0.116. The lowest BCUT2D eigenvalue weighted by Crippen LogP contribution is -2.39. The molecule has 1 aliphatic rings. The Labute approximate surface area is 161 Å². The number of H-pyrrole nitrogens is 1. The highest BCUT2D eigenvalue weighted by Gasteiger charge is 2.26. The third-order valence-corrected chi connectivity index (χ3v) is 6.44. The van der Waals surface area contributed by atoms with Crippen LogP contribution >= 0.6 is 11.3 Å². The second-order valence-corrected chi connectivity index (χ2v) is 8.48. The highest BCUT2D eigenvalue weighted by atomic mass is 32.1. The fraction of sp³-hybridized carbons (Fsp3) is 0.474. The molecule has 0 atom stereocenters. The summed E-state index contributed by atoms with van der Waals surface area (Å²) in [6.07, 6.45) is 4.15. The zero-order chi connectivity index (χ0) is 19.1. The van der Waals surface area contributed by atoms with Gasteiger partial charge < -0.3 is 4.90 Å². The number of nitrogens with zero attached hydrogens (tertiary/aromatic N) is 4. The van der Waals surface area contributed by atoms with Gasteiger partial charge in [0.2, 0.25) is 5.91 Å². The number of piperidine rings is 1. The summed E-state index contributed by atoms with van der Waals surface area (Å²) in [4.78, 5) is 36.6. The summed E-state index contributed by atoms with van der Waals surface area (Å²) in [6, 6.07) is 1.47. The van der Waals surface area contributed by atoms with Crippen LogP contribution in [0.4, 0.5) is 0 Å². The van der Waals surface area contributed by atoms with E-state index in [0.717, 1.165) is 42.9 Å². The number of aryl methyl sites for hydroxylation is 3. The first-order valence-corrected chi connectivity index (χ1v) is 10.0. The van der Waals surface area contributed by atoms with Crippen molar-refractivity contribution < 1.29 is 4.79 Å². The van der Waals surface area contributed by atoms with Crippen molar-refractivity contribution in [2.75, 3.05) is 13.1 Å². The fourth-order valence-electron chi connectivity index (χ4n) is 3.81. The summed E-state index contributed by atoms with van der Waals surface area (Å²) < 4.78 is 1.66. The second-order valence-electron chi connectivity index (χ2n) is 7.22. The smallest absolute Gasteiger partial charge is 0.266 e. The molecule has 3 aromatic rings. The average Bonchev–Trinajstić information content (AvgIpc) is 3.24. The average molecular weight is 385 g/mol. The number of nitrogens with one attached hydrogen (secondary N) is 1. The van der Waals surface area contributed by atoms with Crippen LogP contribution in [-0.2, 0) is 11.2 Å². The van der Waals surface area contributed by atoms with Crippen molar-refractivity contribution in [2.24, 2.45) is 0 Å². The zero-order valence-corrected chi connectivity index (χ0v) is 16.6. The molecule has 0 radical (unpaired) electrons. The molecule has 1 aliphatic heterocycles. The molecular formula is C19H23N5O2S. The number of hydrogen-bond donors (Lipinski definition) is 1. The van der Waals surface area contributed by atoms with Crippen molar-refractivity contribution in [1.29, 1.82) is 0 Å². The van der Waals surface area contributed by atoms with E-state index in [-0.39, 0.29) is 11.5 Å². The van der Waals surface area contributed by atoms with Gasteiger partial charge >= 0.3 is 0 Å². The van der Waals surface area contributed by atoms with Crippen molar-refractivity contribution in [3.8, 4) is 0 Å². The van der Waals surface area contributed by atoms with Crippen LogP contribution in [0.15, 0.2) is 17.1 Å². The molecular weight excluding hydrogens is 362 g/mol. The van der Waals surface area contributed by atoms with Gasteiger partial charge in [0, 0.05) is 53.1 Å². The molecule has 0 aromatic carbocycles. The molecule has 0 aliphatic carbocycles. The lowest BCUT2D eigenvalue weighted by molar-refractivity contribution is -0.131. The Balaban J connectivity index is 1.47. The van der Waals surface area contributed by atoms with Crippen molar-refractivity contribution in [3.05, 3.63) is 49.5 Å². The fourth-order valence-corrected chi connectivity index (χ4v) is 4.75. The van der Waals surface area contributed by atoms with Gasteiger partial charge in [-0.05, 0) is 33.6 Å². The summed E-state index contributed by atoms with van der Waals surface area (Å²) in [5.41, 5.74) is 2.95. The summed E-state index contributed by atoms with van der Waals surface area (Å²) in [6.45, 7) is 7.40. The van der Waals surface area contributed by atoms with E-state index in [4.69, 9.17) is 0 Å². The number of rotatable bonds is 3. The maximum atomic E-state index is 12.9. The predicted molar refractivity (Wildman–Crippen MR) is 104 cm³/mol. The molecule has 142 valence electrons. The number of carbonyl (C=O) groups is 1. The van der Waals surface area contributed by atoms with Gasteiger partial charge in [-0.25, -0.2) is 14.5 Å². The number of carbonyl (C=O) groups excluding carboxylic acids is 1. The topological polar surface area (TPSA) is 83.4 Å². The Morgan fingerprint density at radius 3 is 2.70 bits per heavy atom. The molecule has 1 fully saturated rings. The lowest BCUT2D eigenvalue weighted by atomic mass is 9.97. The van der Waals surface area contributed by atoms with Crippen LogP contribution in [0.2, 0.25) is 0 Å². The number of fused-ring (bicyclic) bond motifs is 1. The number of amides is 1. The van der Waals surface area contributed by atoms with Crippen LogP contribution < -0.4 is 5.56 Å². The predicted octanol–water partition coefficient (Wildman–Crippen LogP) is 2.35. The third-order valence-electron chi connectivity index (χ3n) is 5.37. The van der Waals surface area contributed by atoms with Crippen molar-refractivity contribution in [1.82, 2.24) is 24.5 Å². The summed E-state index contributed by atoms with van der Waals surface area (Å²) in [5, 5.41) is 3.93. The number of aromatic nitrogens is 4. The van der Waals surface area contributed by atoms with Gasteiger partial charge in [-0.15, -0.1) is 11.3 Å². The van der Waals surface area contributed by atoms with E-state index in [2.05, 4.69) is 22.0 Å². The van der Waals surface area contributed by atoms with E-state index in [1.165, 1.54) is 16.0 Å². The normalized spacial score (nSPS) is 15.6. The molecule has 1 amide bonds. The van der Waals surface area contributed by atoms with Gasteiger partial charge in [0.25, 0.3) is 5.56 Å². The van der Waals surface area contributed by atoms with Gasteiger partial charge in [-0.1, -0.05) is 0 Å². The first kappa shape index (κ1) is 17.9. The molecule has 1 N–H and O–H groups in total. The molecule has 1 saturated heterocycles. The first-order chi connectivity index (χ1) is 12.9. The van der Waals surface area contributed by atoms with Crippen molar-refractivity contribution in [2.45, 2.75) is 46.0 Å². The van der Waals surface area contributed by atoms with Crippen LogP contribution in [0.3, 0.4) is 0 Å². The largest absolute Gasteiger partial charge is 0.342 e. The zero-order valence-electron chi connectivity index (χ0n) is 15.8. The number of thiazole rings is 1. The molecule has 27 heavy (non-hydrogen) atoms. The summed E-state index contributed by atoms with van der Waals surface area (Å²) >= 11 is 1.76. The minimum Gasteiger partial charge on any atom is -0.342 e. The van der Waals surface area contributed by atoms with E-state index < -0.39 is 0 Å². The van der Waals surface area contributed by atoms with Crippen LogP contribution in [0.5, 0.6) is 0 Å². The summed E-state index contributed by atoms with van der Waals surface area (Å²) in [5.74, 6) is 0.574. The Morgan fingerprint density at radius 1 is 1.30 bits per heavy atom. The molecule has 0 unspecified atom stereocenters. The van der Waals surface area contributed by atoms with E-state index in [1.807, 2.05) is 24.9 Å². The first-order valence-electron chi connectivity index (χ1n) is 9.20. The Bertz CT molecular complexity index is 1060. The highest BCUT2D eigenvalue weighted by molar-refractivity contribution is 7.11. The van der Waals surface area contributed by atoms with E-state index in [9.17, 15) is 9.59 Å². The van der Waals surface area contributed by atoms with Crippen LogP contribution in [0.25, 0.3) is 5.65 Å². The van der Waals surface area contributed by atoms with Crippen LogP contribution in [0.1, 0.15) is 45.6 Å². The molecule has 0 spiro atoms. The molecule has 0 saturated carbocycles. The van der Waals surface area contributed by atoms with E-state index in [1.54, 1.807) is 15.9 Å². The van der Waals surface area contributed by atoms with Crippen molar-refractivity contribution in [3.63, 3.8) is 0 Å². The van der Waals surface area contributed by atoms with E-state index in [0.29, 0.717) is 18.0 Å². The number of likely N-dealkylation sites (tertiary alicyclic amines) is 1. The van der Waals surface area contributed by atoms with E-state index >= 15 is 0 Å². The molecule has 7 nitrogen and oxygen atoms in total. The van der Waals surface area contributed by atoms with Gasteiger partial charge in [0.1, 0.15) is 0 Å². The standard InChI is InChI=1S/C19H23N5O2S/c1-11-10-20-19(27-11)14-4-6-23(7-5-14)18(26)8-15-12(2)21-16-9-17(25)22-24(16)13(15)3/h9-10,14H,4-8H2,1-3H3,(H,22,25). The number of hydrogen-bond acceptors (Lipinski definition) is 5. The Hall–Kier alpha value is -2.48. The monoisotopic (exact) mass is 385 g/mol. The summed E-state index contributed by atoms with van der Waals surface area (Å²) in [7, 11) is 0. The maximum Gasteiger partial charge on any atom is 0.266 e. The number of aromatic amines is 1. The lowest BCUT2D eigenvalue weighted by Gasteiger charge is -2.31. The molecule has 0 bridgehead atoms. The quantitative estimate of drug-likeness (QED) is 0.750. The Morgan fingerprint density at radius 2 is 2.04 bits per heavy atom.